The zero-order valence-electron chi connectivity index (χ0n) is 11.0. The minimum absolute atomic E-state index is 0.292. The number of Topliss-reactive ketones (excluding diaryl/α,β-unsaturated/α-hetero) is 1. The molecule has 0 radical (unpaired) electrons. The van der Waals surface area contributed by atoms with Crippen molar-refractivity contribution in [1.82, 2.24) is 0 Å². The lowest BCUT2D eigenvalue weighted by atomic mass is 9.87. The van der Waals surface area contributed by atoms with Crippen LogP contribution in [0.5, 0.6) is 0 Å². The van der Waals surface area contributed by atoms with E-state index in [2.05, 4.69) is 13.8 Å². The molecule has 1 aromatic rings. The Balaban J connectivity index is 2.49. The molecule has 0 aliphatic carbocycles. The Morgan fingerprint density at radius 1 is 1.41 bits per heavy atom. The number of hydrogen-bond donors (Lipinski definition) is 1. The Morgan fingerprint density at radius 3 is 2.59 bits per heavy atom. The predicted molar refractivity (Wildman–Crippen MR) is 74.6 cm³/mol. The van der Waals surface area contributed by atoms with Gasteiger partial charge in [-0.05, 0) is 55.2 Å². The quantitative estimate of drug-likeness (QED) is 0.754. The third-order valence-corrected chi connectivity index (χ3v) is 4.40. The Hall–Kier alpha value is -0.670. The molecule has 2 nitrogen and oxygen atoms in total. The zero-order chi connectivity index (χ0) is 12.8. The first-order valence-corrected chi connectivity index (χ1v) is 7.21. The Kier molecular flexibility index (Phi) is 5.86. The van der Waals surface area contributed by atoms with Crippen LogP contribution < -0.4 is 5.73 Å². The maximum atomic E-state index is 12.0. The van der Waals surface area contributed by atoms with Gasteiger partial charge < -0.3 is 5.73 Å². The van der Waals surface area contributed by atoms with E-state index in [0.717, 1.165) is 29.8 Å². The molecule has 0 aliphatic rings. The van der Waals surface area contributed by atoms with Gasteiger partial charge in [0.1, 0.15) is 0 Å². The van der Waals surface area contributed by atoms with Gasteiger partial charge >= 0.3 is 0 Å². The zero-order valence-corrected chi connectivity index (χ0v) is 11.8. The number of rotatable bonds is 7. The second-order valence-electron chi connectivity index (χ2n) is 4.98. The van der Waals surface area contributed by atoms with Crippen molar-refractivity contribution in [3.63, 3.8) is 0 Å². The number of ketones is 1. The highest BCUT2D eigenvalue weighted by Crippen LogP contribution is 2.24. The van der Waals surface area contributed by atoms with Crippen molar-refractivity contribution in [3.8, 4) is 0 Å². The fourth-order valence-corrected chi connectivity index (χ4v) is 3.01. The van der Waals surface area contributed by atoms with Gasteiger partial charge in [0.05, 0.1) is 4.88 Å². The Bertz CT molecular complexity index is 357. The van der Waals surface area contributed by atoms with E-state index in [1.807, 2.05) is 18.4 Å². The summed E-state index contributed by atoms with van der Waals surface area (Å²) in [4.78, 5) is 13.0. The van der Waals surface area contributed by atoms with E-state index in [1.54, 1.807) is 11.3 Å². The van der Waals surface area contributed by atoms with Gasteiger partial charge in [-0.2, -0.15) is 0 Å². The summed E-state index contributed by atoms with van der Waals surface area (Å²) < 4.78 is 0. The molecular weight excluding hydrogens is 230 g/mol. The number of thiophene rings is 1. The van der Waals surface area contributed by atoms with Crippen LogP contribution in [0.25, 0.3) is 0 Å². The summed E-state index contributed by atoms with van der Waals surface area (Å²) in [6.07, 6.45) is 2.64. The number of carbonyl (C=O) groups excluding carboxylic acids is 1. The van der Waals surface area contributed by atoms with Crippen LogP contribution in [-0.4, -0.2) is 12.3 Å². The van der Waals surface area contributed by atoms with Gasteiger partial charge in [-0.1, -0.05) is 13.8 Å². The first-order valence-electron chi connectivity index (χ1n) is 6.33. The summed E-state index contributed by atoms with van der Waals surface area (Å²) in [7, 11) is 0. The summed E-state index contributed by atoms with van der Waals surface area (Å²) in [5, 5.41) is 1.99. The molecule has 0 bridgehead atoms. The van der Waals surface area contributed by atoms with E-state index in [1.165, 1.54) is 0 Å². The normalized spacial score (nSPS) is 13.0. The van der Waals surface area contributed by atoms with E-state index in [-0.39, 0.29) is 0 Å². The molecule has 1 unspecified atom stereocenters. The molecule has 0 aliphatic heterocycles. The molecule has 1 heterocycles. The minimum Gasteiger partial charge on any atom is -0.330 e. The molecule has 1 aromatic heterocycles. The molecule has 0 fully saturated rings. The fraction of sp³-hybridized carbons (Fsp3) is 0.643. The van der Waals surface area contributed by atoms with Gasteiger partial charge in [-0.15, -0.1) is 11.3 Å². The van der Waals surface area contributed by atoms with Gasteiger partial charge in [0.2, 0.25) is 0 Å². The summed E-state index contributed by atoms with van der Waals surface area (Å²) in [5.74, 6) is 1.47. The number of hydrogen-bond acceptors (Lipinski definition) is 3. The van der Waals surface area contributed by atoms with Gasteiger partial charge in [-0.25, -0.2) is 0 Å². The first-order chi connectivity index (χ1) is 8.06. The van der Waals surface area contributed by atoms with Gasteiger partial charge in [0, 0.05) is 6.42 Å². The van der Waals surface area contributed by atoms with Crippen molar-refractivity contribution in [3.05, 3.63) is 21.9 Å². The summed E-state index contributed by atoms with van der Waals surface area (Å²) in [5.41, 5.74) is 6.72. The molecule has 1 atom stereocenters. The number of carbonyl (C=O) groups is 1. The summed E-state index contributed by atoms with van der Waals surface area (Å²) in [6.45, 7) is 7.14. The van der Waals surface area contributed by atoms with Crippen molar-refractivity contribution in [2.45, 2.75) is 40.0 Å². The molecule has 0 aromatic carbocycles. The Morgan fingerprint density at radius 2 is 2.12 bits per heavy atom. The maximum Gasteiger partial charge on any atom is 0.173 e. The highest BCUT2D eigenvalue weighted by molar-refractivity contribution is 7.12. The van der Waals surface area contributed by atoms with Crippen molar-refractivity contribution in [1.29, 1.82) is 0 Å². The molecule has 0 spiro atoms. The van der Waals surface area contributed by atoms with Gasteiger partial charge in [0.15, 0.2) is 5.78 Å². The minimum atomic E-state index is 0.292. The van der Waals surface area contributed by atoms with Crippen LogP contribution in [0.2, 0.25) is 0 Å². The number of aryl methyl sites for hydroxylation is 1. The molecule has 17 heavy (non-hydrogen) atoms. The largest absolute Gasteiger partial charge is 0.330 e. The number of nitrogens with two attached hydrogens (primary N) is 1. The second kappa shape index (κ2) is 6.92. The topological polar surface area (TPSA) is 43.1 Å². The highest BCUT2D eigenvalue weighted by Gasteiger charge is 2.16. The molecule has 0 saturated heterocycles. The molecule has 2 N–H and O–H groups in total. The molecule has 3 heteroatoms. The lowest BCUT2D eigenvalue weighted by molar-refractivity contribution is 0.0972. The van der Waals surface area contributed by atoms with Crippen LogP contribution >= 0.6 is 11.3 Å². The van der Waals surface area contributed by atoms with Crippen LogP contribution in [0.3, 0.4) is 0 Å². The van der Waals surface area contributed by atoms with E-state index >= 15 is 0 Å². The first kappa shape index (κ1) is 14.4. The summed E-state index contributed by atoms with van der Waals surface area (Å²) in [6, 6.07) is 2.01. The second-order valence-corrected chi connectivity index (χ2v) is 5.89. The van der Waals surface area contributed by atoms with Gasteiger partial charge in [-0.3, -0.25) is 4.79 Å². The van der Waals surface area contributed by atoms with Crippen LogP contribution in [0, 0.1) is 18.8 Å². The van der Waals surface area contributed by atoms with Crippen LogP contribution in [-0.2, 0) is 0 Å². The van der Waals surface area contributed by atoms with Gasteiger partial charge in [0.25, 0.3) is 0 Å². The lowest BCUT2D eigenvalue weighted by Gasteiger charge is -2.19. The van der Waals surface area contributed by atoms with E-state index < -0.39 is 0 Å². The van der Waals surface area contributed by atoms with Crippen LogP contribution in [0.4, 0.5) is 0 Å². The smallest absolute Gasteiger partial charge is 0.173 e. The van der Waals surface area contributed by atoms with E-state index in [0.29, 0.717) is 24.0 Å². The third kappa shape index (κ3) is 4.25. The lowest BCUT2D eigenvalue weighted by Crippen LogP contribution is -2.15. The maximum absolute atomic E-state index is 12.0. The fourth-order valence-electron chi connectivity index (χ4n) is 2.11. The van der Waals surface area contributed by atoms with Crippen molar-refractivity contribution >= 4 is 17.1 Å². The molecular formula is C14H23NOS. The molecule has 0 amide bonds. The average Bonchev–Trinajstić information content (AvgIpc) is 2.69. The van der Waals surface area contributed by atoms with Crippen molar-refractivity contribution in [2.24, 2.45) is 17.6 Å². The SMILES string of the molecule is Cc1ccsc1C(=O)CCC(CCN)C(C)C. The van der Waals surface area contributed by atoms with Crippen LogP contribution in [0.1, 0.15) is 48.3 Å². The molecule has 0 saturated carbocycles. The predicted octanol–water partition coefficient (Wildman–Crippen LogP) is 3.64. The third-order valence-electron chi connectivity index (χ3n) is 3.34. The van der Waals surface area contributed by atoms with E-state index in [4.69, 9.17) is 5.73 Å². The van der Waals surface area contributed by atoms with Crippen molar-refractivity contribution in [2.75, 3.05) is 6.54 Å². The Labute approximate surface area is 108 Å². The van der Waals surface area contributed by atoms with Crippen molar-refractivity contribution < 1.29 is 4.79 Å². The molecule has 1 rings (SSSR count). The monoisotopic (exact) mass is 253 g/mol. The summed E-state index contributed by atoms with van der Waals surface area (Å²) >= 11 is 1.56. The standard InChI is InChI=1S/C14H23NOS/c1-10(2)12(6-8-15)4-5-13(16)14-11(3)7-9-17-14/h7,9-10,12H,4-6,8,15H2,1-3H3. The average molecular weight is 253 g/mol. The highest BCUT2D eigenvalue weighted by atomic mass is 32.1. The van der Waals surface area contributed by atoms with E-state index in [9.17, 15) is 4.79 Å². The molecule has 96 valence electrons. The van der Waals surface area contributed by atoms with Crippen LogP contribution in [0.15, 0.2) is 11.4 Å².